The molecule has 2 atom stereocenters. The number of nitro groups is 1. The smallest absolute Gasteiger partial charge is 0.295 e. The van der Waals surface area contributed by atoms with E-state index in [9.17, 15) is 10.1 Å². The molecule has 2 aliphatic rings. The first-order valence-corrected chi connectivity index (χ1v) is 6.89. The maximum atomic E-state index is 11.3. The van der Waals surface area contributed by atoms with E-state index < -0.39 is 0 Å². The first-order chi connectivity index (χ1) is 9.16. The molecular formula is C14H19N3O2. The summed E-state index contributed by atoms with van der Waals surface area (Å²) in [6.45, 7) is 4.70. The summed E-state index contributed by atoms with van der Waals surface area (Å²) in [4.78, 5) is 13.2. The van der Waals surface area contributed by atoms with Gasteiger partial charge < -0.3 is 10.2 Å². The van der Waals surface area contributed by atoms with Gasteiger partial charge in [-0.2, -0.15) is 0 Å². The van der Waals surface area contributed by atoms with Crippen LogP contribution in [0.2, 0.25) is 0 Å². The van der Waals surface area contributed by atoms with Crippen molar-refractivity contribution in [3.63, 3.8) is 0 Å². The number of anilines is 1. The van der Waals surface area contributed by atoms with E-state index in [0.717, 1.165) is 30.9 Å². The third-order valence-corrected chi connectivity index (χ3v) is 4.34. The second-order valence-electron chi connectivity index (χ2n) is 5.57. The number of aryl methyl sites for hydroxylation is 1. The van der Waals surface area contributed by atoms with Gasteiger partial charge in [0.1, 0.15) is 5.69 Å². The Morgan fingerprint density at radius 2 is 2.26 bits per heavy atom. The maximum absolute atomic E-state index is 11.3. The lowest BCUT2D eigenvalue weighted by Crippen LogP contribution is -2.40. The number of nitrogens with zero attached hydrogens (tertiary/aromatic N) is 2. The van der Waals surface area contributed by atoms with Crippen molar-refractivity contribution in [2.75, 3.05) is 24.5 Å². The highest BCUT2D eigenvalue weighted by Crippen LogP contribution is 2.36. The Morgan fingerprint density at radius 1 is 1.42 bits per heavy atom. The molecule has 0 aliphatic carbocycles. The van der Waals surface area contributed by atoms with Crippen LogP contribution in [0.1, 0.15) is 18.4 Å². The van der Waals surface area contributed by atoms with Gasteiger partial charge in [-0.15, -0.1) is 0 Å². The van der Waals surface area contributed by atoms with Crippen LogP contribution in [-0.2, 0) is 0 Å². The predicted molar refractivity (Wildman–Crippen MR) is 74.6 cm³/mol. The van der Waals surface area contributed by atoms with Crippen molar-refractivity contribution in [2.45, 2.75) is 25.8 Å². The van der Waals surface area contributed by atoms with Crippen LogP contribution in [0.25, 0.3) is 0 Å². The molecule has 0 bridgehead atoms. The molecule has 2 aliphatic heterocycles. The van der Waals surface area contributed by atoms with Crippen molar-refractivity contribution in [3.05, 3.63) is 33.9 Å². The van der Waals surface area contributed by atoms with Gasteiger partial charge in [0, 0.05) is 24.7 Å². The molecule has 1 aromatic carbocycles. The van der Waals surface area contributed by atoms with Gasteiger partial charge in [0.15, 0.2) is 0 Å². The van der Waals surface area contributed by atoms with E-state index in [2.05, 4.69) is 10.2 Å². The van der Waals surface area contributed by atoms with Crippen LogP contribution in [0.3, 0.4) is 0 Å². The van der Waals surface area contributed by atoms with Gasteiger partial charge in [-0.3, -0.25) is 10.1 Å². The summed E-state index contributed by atoms with van der Waals surface area (Å²) in [5.41, 5.74) is 1.78. The number of fused-ring (bicyclic) bond motifs is 1. The van der Waals surface area contributed by atoms with Gasteiger partial charge >= 0.3 is 0 Å². The molecule has 2 saturated heterocycles. The Balaban J connectivity index is 1.91. The first kappa shape index (κ1) is 12.4. The largest absolute Gasteiger partial charge is 0.364 e. The summed E-state index contributed by atoms with van der Waals surface area (Å²) in [5.74, 6) is 0.633. The molecule has 3 rings (SSSR count). The van der Waals surface area contributed by atoms with E-state index in [1.54, 1.807) is 0 Å². The van der Waals surface area contributed by atoms with Crippen molar-refractivity contribution in [1.29, 1.82) is 0 Å². The van der Waals surface area contributed by atoms with Crippen molar-refractivity contribution < 1.29 is 4.92 Å². The molecule has 2 fully saturated rings. The number of rotatable bonds is 2. The normalized spacial score (nSPS) is 26.3. The van der Waals surface area contributed by atoms with Gasteiger partial charge in [0.25, 0.3) is 5.69 Å². The molecule has 0 radical (unpaired) electrons. The molecule has 102 valence electrons. The molecular weight excluding hydrogens is 242 g/mol. The zero-order valence-electron chi connectivity index (χ0n) is 11.1. The number of benzene rings is 1. The fourth-order valence-electron chi connectivity index (χ4n) is 3.38. The SMILES string of the molecule is Cc1cccc(N2C[C@@H]3CCCN[C@@H]3C2)c1[N+](=O)[O-]. The molecule has 1 N–H and O–H groups in total. The van der Waals surface area contributed by atoms with Gasteiger partial charge in [-0.1, -0.05) is 12.1 Å². The number of nitrogens with one attached hydrogen (secondary N) is 1. The van der Waals surface area contributed by atoms with Crippen molar-refractivity contribution in [2.24, 2.45) is 5.92 Å². The van der Waals surface area contributed by atoms with Crippen molar-refractivity contribution >= 4 is 11.4 Å². The fourth-order valence-corrected chi connectivity index (χ4v) is 3.38. The molecule has 5 heteroatoms. The Morgan fingerprint density at radius 3 is 3.00 bits per heavy atom. The molecule has 0 aromatic heterocycles. The van der Waals surface area contributed by atoms with Gasteiger partial charge in [-0.05, 0) is 38.3 Å². The van der Waals surface area contributed by atoms with Crippen LogP contribution >= 0.6 is 0 Å². The van der Waals surface area contributed by atoms with E-state index in [-0.39, 0.29) is 10.6 Å². The molecule has 0 spiro atoms. The molecule has 2 heterocycles. The molecule has 5 nitrogen and oxygen atoms in total. The lowest BCUT2D eigenvalue weighted by molar-refractivity contribution is -0.384. The minimum Gasteiger partial charge on any atom is -0.364 e. The van der Waals surface area contributed by atoms with Crippen LogP contribution in [0, 0.1) is 23.0 Å². The van der Waals surface area contributed by atoms with E-state index >= 15 is 0 Å². The number of nitro benzene ring substituents is 1. The minimum absolute atomic E-state index is 0.250. The molecule has 0 saturated carbocycles. The number of hydrogen-bond acceptors (Lipinski definition) is 4. The fraction of sp³-hybridized carbons (Fsp3) is 0.571. The quantitative estimate of drug-likeness (QED) is 0.654. The number of para-hydroxylation sites is 1. The van der Waals surface area contributed by atoms with Crippen LogP contribution < -0.4 is 10.2 Å². The summed E-state index contributed by atoms with van der Waals surface area (Å²) in [6.07, 6.45) is 2.44. The van der Waals surface area contributed by atoms with Gasteiger partial charge in [0.05, 0.1) is 4.92 Å². The zero-order chi connectivity index (χ0) is 13.4. The van der Waals surface area contributed by atoms with Gasteiger partial charge in [-0.25, -0.2) is 0 Å². The van der Waals surface area contributed by atoms with E-state index in [1.807, 2.05) is 25.1 Å². The number of hydrogen-bond donors (Lipinski definition) is 1. The standard InChI is InChI=1S/C14H19N3O2/c1-10-4-2-6-13(14(10)17(18)19)16-8-11-5-3-7-15-12(11)9-16/h2,4,6,11-12,15H,3,5,7-9H2,1H3/t11-,12+/m0/s1. The molecule has 0 unspecified atom stereocenters. The Kier molecular flexibility index (Phi) is 3.14. The Bertz CT molecular complexity index is 489. The highest BCUT2D eigenvalue weighted by atomic mass is 16.6. The van der Waals surface area contributed by atoms with E-state index in [1.165, 1.54) is 12.8 Å². The van der Waals surface area contributed by atoms with Crippen LogP contribution in [-0.4, -0.2) is 30.6 Å². The monoisotopic (exact) mass is 261 g/mol. The Labute approximate surface area is 112 Å². The average molecular weight is 261 g/mol. The molecule has 0 amide bonds. The lowest BCUT2D eigenvalue weighted by Gasteiger charge is -2.24. The Hall–Kier alpha value is -1.62. The molecule has 1 aromatic rings. The first-order valence-electron chi connectivity index (χ1n) is 6.89. The van der Waals surface area contributed by atoms with E-state index in [4.69, 9.17) is 0 Å². The minimum atomic E-state index is -0.250. The lowest BCUT2D eigenvalue weighted by atomic mass is 9.94. The van der Waals surface area contributed by atoms with Crippen LogP contribution in [0.15, 0.2) is 18.2 Å². The summed E-state index contributed by atoms with van der Waals surface area (Å²) in [7, 11) is 0. The van der Waals surface area contributed by atoms with Crippen molar-refractivity contribution in [3.8, 4) is 0 Å². The van der Waals surface area contributed by atoms with Crippen molar-refractivity contribution in [1.82, 2.24) is 5.32 Å². The van der Waals surface area contributed by atoms with Crippen LogP contribution in [0.5, 0.6) is 0 Å². The summed E-state index contributed by atoms with van der Waals surface area (Å²) < 4.78 is 0. The zero-order valence-corrected chi connectivity index (χ0v) is 11.1. The third kappa shape index (κ3) is 2.18. The summed E-state index contributed by atoms with van der Waals surface area (Å²) in [6, 6.07) is 6.09. The highest BCUT2D eigenvalue weighted by molar-refractivity contribution is 5.67. The molecule has 19 heavy (non-hydrogen) atoms. The second-order valence-corrected chi connectivity index (χ2v) is 5.57. The number of piperidine rings is 1. The average Bonchev–Trinajstić information content (AvgIpc) is 2.81. The van der Waals surface area contributed by atoms with Crippen LogP contribution in [0.4, 0.5) is 11.4 Å². The second kappa shape index (κ2) is 4.81. The highest BCUT2D eigenvalue weighted by Gasteiger charge is 2.36. The predicted octanol–water partition coefficient (Wildman–Crippen LogP) is 2.09. The topological polar surface area (TPSA) is 58.4 Å². The van der Waals surface area contributed by atoms with Gasteiger partial charge in [0.2, 0.25) is 0 Å². The summed E-state index contributed by atoms with van der Waals surface area (Å²) in [5, 5.41) is 14.8. The van der Waals surface area contributed by atoms with E-state index in [0.29, 0.717) is 12.0 Å². The third-order valence-electron chi connectivity index (χ3n) is 4.34. The summed E-state index contributed by atoms with van der Waals surface area (Å²) >= 11 is 0. The maximum Gasteiger partial charge on any atom is 0.295 e.